The number of ether oxygens (including phenoxy) is 1. The predicted molar refractivity (Wildman–Crippen MR) is 105 cm³/mol. The zero-order valence-corrected chi connectivity index (χ0v) is 15.5. The quantitative estimate of drug-likeness (QED) is 0.827. The molecular weight excluding hydrogens is 340 g/mol. The lowest BCUT2D eigenvalue weighted by Gasteiger charge is -2.27. The van der Waals surface area contributed by atoms with E-state index in [9.17, 15) is 9.59 Å². The molecule has 0 atom stereocenters. The summed E-state index contributed by atoms with van der Waals surface area (Å²) in [5, 5.41) is 2.81. The van der Waals surface area contributed by atoms with Gasteiger partial charge in [0.15, 0.2) is 0 Å². The number of carbonyl (C=O) groups excluding carboxylic acids is 2. The fourth-order valence-corrected chi connectivity index (χ4v) is 3.14. The maximum atomic E-state index is 13.1. The Bertz CT molecular complexity index is 824. The van der Waals surface area contributed by atoms with Gasteiger partial charge in [-0.2, -0.15) is 0 Å². The van der Waals surface area contributed by atoms with Gasteiger partial charge in [-0.05, 0) is 43.5 Å². The zero-order chi connectivity index (χ0) is 19.1. The molecule has 2 aromatic rings. The molecule has 0 bridgehead atoms. The molecule has 1 N–H and O–H groups in total. The molecule has 0 radical (unpaired) electrons. The number of benzene rings is 2. The highest BCUT2D eigenvalue weighted by Gasteiger charge is 2.22. The number of nitrogens with one attached hydrogen (secondary N) is 1. The number of amides is 2. The third-order valence-corrected chi connectivity index (χ3v) is 4.60. The van der Waals surface area contributed by atoms with Gasteiger partial charge >= 0.3 is 0 Å². The Morgan fingerprint density at radius 3 is 2.33 bits per heavy atom. The summed E-state index contributed by atoms with van der Waals surface area (Å²) in [4.78, 5) is 27.5. The Labute approximate surface area is 159 Å². The Balaban J connectivity index is 1.91. The van der Waals surface area contributed by atoms with Crippen molar-refractivity contribution in [1.29, 1.82) is 0 Å². The van der Waals surface area contributed by atoms with E-state index in [0.29, 0.717) is 24.4 Å². The summed E-state index contributed by atoms with van der Waals surface area (Å²) in [6.45, 7) is 1.42. The maximum absolute atomic E-state index is 13.1. The highest BCUT2D eigenvalue weighted by Crippen LogP contribution is 2.21. The van der Waals surface area contributed by atoms with Crippen LogP contribution in [0.25, 0.3) is 6.08 Å². The van der Waals surface area contributed by atoms with E-state index in [1.165, 1.54) is 0 Å². The first-order valence-corrected chi connectivity index (χ1v) is 9.19. The van der Waals surface area contributed by atoms with Gasteiger partial charge in [0.2, 0.25) is 0 Å². The predicted octanol–water partition coefficient (Wildman–Crippen LogP) is 3.48. The van der Waals surface area contributed by atoms with Crippen LogP contribution in [0.3, 0.4) is 0 Å². The van der Waals surface area contributed by atoms with Crippen molar-refractivity contribution in [2.45, 2.75) is 19.3 Å². The zero-order valence-electron chi connectivity index (χ0n) is 15.5. The maximum Gasteiger partial charge on any atom is 0.270 e. The van der Waals surface area contributed by atoms with E-state index < -0.39 is 0 Å². The molecule has 2 aromatic carbocycles. The SMILES string of the molecule is COc1ccccc1/C=C(\NC(=O)c1ccccc1)C(=O)N1CCCCC1. The number of piperidine rings is 1. The molecule has 0 aromatic heterocycles. The summed E-state index contributed by atoms with van der Waals surface area (Å²) in [7, 11) is 1.58. The van der Waals surface area contributed by atoms with Crippen LogP contribution in [-0.2, 0) is 4.79 Å². The van der Waals surface area contributed by atoms with Crippen molar-refractivity contribution in [3.05, 3.63) is 71.4 Å². The lowest BCUT2D eigenvalue weighted by molar-refractivity contribution is -0.128. The fraction of sp³-hybridized carbons (Fsp3) is 0.273. The normalized spacial score (nSPS) is 14.6. The van der Waals surface area contributed by atoms with Gasteiger partial charge in [0, 0.05) is 24.2 Å². The second-order valence-corrected chi connectivity index (χ2v) is 6.47. The monoisotopic (exact) mass is 364 g/mol. The van der Waals surface area contributed by atoms with E-state index in [0.717, 1.165) is 24.8 Å². The topological polar surface area (TPSA) is 58.6 Å². The molecule has 3 rings (SSSR count). The summed E-state index contributed by atoms with van der Waals surface area (Å²) in [5.41, 5.74) is 1.51. The van der Waals surface area contributed by atoms with Crippen molar-refractivity contribution in [1.82, 2.24) is 10.2 Å². The highest BCUT2D eigenvalue weighted by atomic mass is 16.5. The summed E-state index contributed by atoms with van der Waals surface area (Å²) >= 11 is 0. The summed E-state index contributed by atoms with van der Waals surface area (Å²) in [5.74, 6) is 0.183. The first-order valence-electron chi connectivity index (χ1n) is 9.19. The van der Waals surface area contributed by atoms with Crippen LogP contribution in [0.1, 0.15) is 35.2 Å². The first kappa shape index (κ1) is 18.7. The number of nitrogens with zero attached hydrogens (tertiary/aromatic N) is 1. The smallest absolute Gasteiger partial charge is 0.270 e. The Hall–Kier alpha value is -3.08. The molecule has 140 valence electrons. The van der Waals surface area contributed by atoms with E-state index in [1.807, 2.05) is 30.3 Å². The fourth-order valence-electron chi connectivity index (χ4n) is 3.14. The molecule has 5 heteroatoms. The molecule has 1 heterocycles. The number of methoxy groups -OCH3 is 1. The number of likely N-dealkylation sites (tertiary alicyclic amines) is 1. The molecule has 0 aliphatic carbocycles. The lowest BCUT2D eigenvalue weighted by atomic mass is 10.1. The number of hydrogen-bond acceptors (Lipinski definition) is 3. The van der Waals surface area contributed by atoms with Crippen molar-refractivity contribution in [3.8, 4) is 5.75 Å². The van der Waals surface area contributed by atoms with Crippen LogP contribution in [0, 0.1) is 0 Å². The molecule has 1 aliphatic rings. The van der Waals surface area contributed by atoms with E-state index in [2.05, 4.69) is 5.32 Å². The van der Waals surface area contributed by atoms with Crippen LogP contribution in [0.15, 0.2) is 60.3 Å². The van der Waals surface area contributed by atoms with Crippen molar-refractivity contribution in [2.24, 2.45) is 0 Å². The van der Waals surface area contributed by atoms with Crippen molar-refractivity contribution < 1.29 is 14.3 Å². The van der Waals surface area contributed by atoms with Crippen LogP contribution in [-0.4, -0.2) is 36.9 Å². The molecular formula is C22H24N2O3. The van der Waals surface area contributed by atoms with Crippen molar-refractivity contribution >= 4 is 17.9 Å². The second kappa shape index (κ2) is 9.03. The summed E-state index contributed by atoms with van der Waals surface area (Å²) in [6.07, 6.45) is 4.79. The van der Waals surface area contributed by atoms with Gasteiger partial charge in [0.25, 0.3) is 11.8 Å². The van der Waals surface area contributed by atoms with Crippen LogP contribution < -0.4 is 10.1 Å². The van der Waals surface area contributed by atoms with Crippen LogP contribution in [0.4, 0.5) is 0 Å². The minimum Gasteiger partial charge on any atom is -0.496 e. The average molecular weight is 364 g/mol. The van der Waals surface area contributed by atoms with Gasteiger partial charge in [0.05, 0.1) is 7.11 Å². The molecule has 27 heavy (non-hydrogen) atoms. The molecule has 0 saturated carbocycles. The van der Waals surface area contributed by atoms with Crippen LogP contribution >= 0.6 is 0 Å². The molecule has 2 amide bonds. The third kappa shape index (κ3) is 4.76. The van der Waals surface area contributed by atoms with Gasteiger partial charge < -0.3 is 15.0 Å². The molecule has 1 aliphatic heterocycles. The van der Waals surface area contributed by atoms with Gasteiger partial charge in [-0.1, -0.05) is 36.4 Å². The van der Waals surface area contributed by atoms with Gasteiger partial charge in [-0.25, -0.2) is 0 Å². The van der Waals surface area contributed by atoms with E-state index >= 15 is 0 Å². The Morgan fingerprint density at radius 1 is 0.963 bits per heavy atom. The number of carbonyl (C=O) groups is 2. The molecule has 5 nitrogen and oxygen atoms in total. The number of para-hydroxylation sites is 1. The third-order valence-electron chi connectivity index (χ3n) is 4.60. The standard InChI is InChI=1S/C22H24N2O3/c1-27-20-13-7-6-12-18(20)16-19(22(26)24-14-8-3-9-15-24)23-21(25)17-10-4-2-5-11-17/h2,4-7,10-13,16H,3,8-9,14-15H2,1H3,(H,23,25)/b19-16-. The average Bonchev–Trinajstić information content (AvgIpc) is 2.74. The van der Waals surface area contributed by atoms with Crippen molar-refractivity contribution in [2.75, 3.05) is 20.2 Å². The van der Waals surface area contributed by atoms with Gasteiger partial charge in [0.1, 0.15) is 11.4 Å². The van der Waals surface area contributed by atoms with Gasteiger partial charge in [-0.3, -0.25) is 9.59 Å². The lowest BCUT2D eigenvalue weighted by Crippen LogP contribution is -2.41. The van der Waals surface area contributed by atoms with Crippen LogP contribution in [0.5, 0.6) is 5.75 Å². The van der Waals surface area contributed by atoms with E-state index in [-0.39, 0.29) is 17.5 Å². The van der Waals surface area contributed by atoms with E-state index in [4.69, 9.17) is 4.74 Å². The van der Waals surface area contributed by atoms with Crippen molar-refractivity contribution in [3.63, 3.8) is 0 Å². The molecule has 0 spiro atoms. The Kier molecular flexibility index (Phi) is 6.26. The molecule has 1 fully saturated rings. The minimum absolute atomic E-state index is 0.162. The highest BCUT2D eigenvalue weighted by molar-refractivity contribution is 6.05. The molecule has 0 unspecified atom stereocenters. The number of rotatable bonds is 5. The van der Waals surface area contributed by atoms with Gasteiger partial charge in [-0.15, -0.1) is 0 Å². The largest absolute Gasteiger partial charge is 0.496 e. The second-order valence-electron chi connectivity index (χ2n) is 6.47. The minimum atomic E-state index is -0.304. The van der Waals surface area contributed by atoms with E-state index in [1.54, 1.807) is 42.4 Å². The Morgan fingerprint density at radius 2 is 1.63 bits per heavy atom. The summed E-state index contributed by atoms with van der Waals surface area (Å²) < 4.78 is 5.38. The summed E-state index contributed by atoms with van der Waals surface area (Å²) in [6, 6.07) is 16.3. The number of hydrogen-bond donors (Lipinski definition) is 1. The first-order chi connectivity index (χ1) is 13.2. The molecule has 1 saturated heterocycles. The van der Waals surface area contributed by atoms with Crippen LogP contribution in [0.2, 0.25) is 0 Å².